The quantitative estimate of drug-likeness (QED) is 0.351. The van der Waals surface area contributed by atoms with Crippen molar-refractivity contribution in [1.82, 2.24) is 20.2 Å². The number of rotatable bonds is 7. The van der Waals surface area contributed by atoms with E-state index in [0.29, 0.717) is 17.3 Å². The Morgan fingerprint density at radius 2 is 1.81 bits per heavy atom. The molecule has 0 unspecified atom stereocenters. The summed E-state index contributed by atoms with van der Waals surface area (Å²) in [5, 5.41) is 34.4. The minimum Gasteiger partial charge on any atom is -0.258 e. The van der Waals surface area contributed by atoms with Crippen molar-refractivity contribution in [2.24, 2.45) is 0 Å². The van der Waals surface area contributed by atoms with Crippen molar-refractivity contribution in [3.8, 4) is 0 Å². The van der Waals surface area contributed by atoms with Gasteiger partial charge < -0.3 is 0 Å². The van der Waals surface area contributed by atoms with Crippen LogP contribution < -0.4 is 0 Å². The molecule has 0 amide bonds. The maximum atomic E-state index is 11.1. The molecule has 0 aliphatic carbocycles. The lowest BCUT2D eigenvalue weighted by atomic mass is 10.2. The lowest BCUT2D eigenvalue weighted by Crippen LogP contribution is -2.03. The highest BCUT2D eigenvalue weighted by molar-refractivity contribution is 7.98. The summed E-state index contributed by atoms with van der Waals surface area (Å²) in [5.74, 6) is 0.200. The molecule has 26 heavy (non-hydrogen) atoms. The number of nitrogens with zero attached hydrogens (tertiary/aromatic N) is 6. The lowest BCUT2D eigenvalue weighted by molar-refractivity contribution is -0.394. The van der Waals surface area contributed by atoms with Gasteiger partial charge in [0.2, 0.25) is 5.16 Å². The first kappa shape index (κ1) is 17.5. The first-order chi connectivity index (χ1) is 12.5. The van der Waals surface area contributed by atoms with Crippen LogP contribution in [0.2, 0.25) is 0 Å². The second kappa shape index (κ2) is 7.70. The normalized spacial score (nSPS) is 10.6. The van der Waals surface area contributed by atoms with Crippen molar-refractivity contribution >= 4 is 23.1 Å². The molecule has 0 aliphatic heterocycles. The number of thioether (sulfide) groups is 1. The second-order valence-electron chi connectivity index (χ2n) is 5.20. The highest BCUT2D eigenvalue weighted by Gasteiger charge is 2.20. The number of hydrogen-bond donors (Lipinski definition) is 0. The molecule has 0 aliphatic rings. The summed E-state index contributed by atoms with van der Waals surface area (Å²) < 4.78 is 0. The zero-order valence-corrected chi connectivity index (χ0v) is 14.1. The molecule has 0 saturated carbocycles. The van der Waals surface area contributed by atoms with E-state index in [-0.39, 0.29) is 17.1 Å². The molecule has 0 spiro atoms. The molecule has 11 heteroatoms. The molecule has 0 bridgehead atoms. The number of tetrazole rings is 1. The van der Waals surface area contributed by atoms with E-state index in [0.717, 1.165) is 11.6 Å². The minimum absolute atomic E-state index is 0.200. The van der Waals surface area contributed by atoms with Gasteiger partial charge in [0, 0.05) is 17.4 Å². The van der Waals surface area contributed by atoms with Crippen LogP contribution in [0.4, 0.5) is 11.4 Å². The van der Waals surface area contributed by atoms with Gasteiger partial charge in [0.25, 0.3) is 11.4 Å². The molecule has 132 valence electrons. The first-order valence-corrected chi connectivity index (χ1v) is 8.38. The second-order valence-corrected chi connectivity index (χ2v) is 6.15. The Morgan fingerprint density at radius 1 is 1.04 bits per heavy atom. The molecule has 1 aromatic heterocycles. The molecule has 0 N–H and O–H groups in total. The molecule has 0 radical (unpaired) electrons. The number of nitro groups is 2. The molecular weight excluding hydrogens is 360 g/mol. The van der Waals surface area contributed by atoms with Gasteiger partial charge >= 0.3 is 0 Å². The number of nitro benzene ring substituents is 2. The summed E-state index contributed by atoms with van der Waals surface area (Å²) in [4.78, 5) is 22.0. The van der Waals surface area contributed by atoms with Crippen LogP contribution in [-0.2, 0) is 12.3 Å². The highest BCUT2D eigenvalue weighted by Crippen LogP contribution is 2.29. The molecule has 0 fully saturated rings. The summed E-state index contributed by atoms with van der Waals surface area (Å²) in [6.45, 7) is 0.464. The molecule has 2 aromatic carbocycles. The SMILES string of the molecule is O=[N+]([O-])c1ccc(CSc2nnn(Cc3ccccc3)n2)c([N+](=O)[O-])c1. The van der Waals surface area contributed by atoms with E-state index in [1.807, 2.05) is 30.3 Å². The van der Waals surface area contributed by atoms with Crippen molar-refractivity contribution in [3.05, 3.63) is 79.9 Å². The summed E-state index contributed by atoms with van der Waals surface area (Å²) in [7, 11) is 0. The fraction of sp³-hybridized carbons (Fsp3) is 0.133. The average Bonchev–Trinajstić information content (AvgIpc) is 3.08. The van der Waals surface area contributed by atoms with Crippen LogP contribution in [0.25, 0.3) is 0 Å². The van der Waals surface area contributed by atoms with Gasteiger partial charge in [0.15, 0.2) is 0 Å². The van der Waals surface area contributed by atoms with E-state index >= 15 is 0 Å². The summed E-state index contributed by atoms with van der Waals surface area (Å²) in [6.07, 6.45) is 0. The Bertz CT molecular complexity index is 946. The Labute approximate surface area is 151 Å². The number of hydrogen-bond acceptors (Lipinski definition) is 8. The average molecular weight is 372 g/mol. The lowest BCUT2D eigenvalue weighted by Gasteiger charge is -2.01. The van der Waals surface area contributed by atoms with Gasteiger partial charge in [-0.1, -0.05) is 42.1 Å². The maximum absolute atomic E-state index is 11.1. The topological polar surface area (TPSA) is 130 Å². The zero-order chi connectivity index (χ0) is 18.5. The standard InChI is InChI=1S/C15H12N6O4S/c22-20(23)13-7-6-12(14(8-13)21(24)25)10-26-15-16-18-19(17-15)9-11-4-2-1-3-5-11/h1-8H,9-10H2. The summed E-state index contributed by atoms with van der Waals surface area (Å²) >= 11 is 1.17. The van der Waals surface area contributed by atoms with Gasteiger partial charge in [-0.05, 0) is 16.8 Å². The van der Waals surface area contributed by atoms with Crippen molar-refractivity contribution in [1.29, 1.82) is 0 Å². The van der Waals surface area contributed by atoms with E-state index in [4.69, 9.17) is 0 Å². The van der Waals surface area contributed by atoms with Crippen molar-refractivity contribution in [2.45, 2.75) is 17.5 Å². The fourth-order valence-electron chi connectivity index (χ4n) is 2.20. The number of aromatic nitrogens is 4. The van der Waals surface area contributed by atoms with Crippen LogP contribution in [0.3, 0.4) is 0 Å². The van der Waals surface area contributed by atoms with Crippen LogP contribution in [0.1, 0.15) is 11.1 Å². The Morgan fingerprint density at radius 3 is 2.50 bits per heavy atom. The third-order valence-corrected chi connectivity index (χ3v) is 4.31. The monoisotopic (exact) mass is 372 g/mol. The third kappa shape index (κ3) is 4.19. The van der Waals surface area contributed by atoms with Crippen LogP contribution in [0.15, 0.2) is 53.7 Å². The van der Waals surface area contributed by atoms with E-state index in [2.05, 4.69) is 15.4 Å². The van der Waals surface area contributed by atoms with Gasteiger partial charge in [0.1, 0.15) is 0 Å². The van der Waals surface area contributed by atoms with E-state index in [9.17, 15) is 20.2 Å². The largest absolute Gasteiger partial charge is 0.280 e. The van der Waals surface area contributed by atoms with Gasteiger partial charge in [-0.15, -0.1) is 10.2 Å². The van der Waals surface area contributed by atoms with Crippen molar-refractivity contribution < 1.29 is 9.85 Å². The first-order valence-electron chi connectivity index (χ1n) is 7.39. The van der Waals surface area contributed by atoms with Crippen LogP contribution in [0.5, 0.6) is 0 Å². The Kier molecular flexibility index (Phi) is 5.17. The smallest absolute Gasteiger partial charge is 0.258 e. The predicted molar refractivity (Wildman–Crippen MR) is 92.7 cm³/mol. The Hall–Kier alpha value is -3.34. The molecule has 1 heterocycles. The van der Waals surface area contributed by atoms with Gasteiger partial charge in [-0.2, -0.15) is 4.80 Å². The maximum Gasteiger partial charge on any atom is 0.280 e. The van der Waals surface area contributed by atoms with Crippen LogP contribution in [-0.4, -0.2) is 30.1 Å². The minimum atomic E-state index is -0.666. The van der Waals surface area contributed by atoms with E-state index < -0.39 is 9.85 Å². The fourth-order valence-corrected chi connectivity index (χ4v) is 2.98. The molecule has 10 nitrogen and oxygen atoms in total. The molecule has 3 aromatic rings. The van der Waals surface area contributed by atoms with E-state index in [1.165, 1.54) is 28.7 Å². The highest BCUT2D eigenvalue weighted by atomic mass is 32.2. The van der Waals surface area contributed by atoms with E-state index in [1.54, 1.807) is 0 Å². The molecule has 0 atom stereocenters. The predicted octanol–water partition coefficient (Wildman–Crippen LogP) is 2.83. The van der Waals surface area contributed by atoms with Gasteiger partial charge in [-0.3, -0.25) is 20.2 Å². The molecule has 3 rings (SSSR count). The Balaban J connectivity index is 1.69. The summed E-state index contributed by atoms with van der Waals surface area (Å²) in [6, 6.07) is 13.2. The molecular formula is C15H12N6O4S. The number of benzene rings is 2. The van der Waals surface area contributed by atoms with Crippen LogP contribution >= 0.6 is 11.8 Å². The zero-order valence-electron chi connectivity index (χ0n) is 13.3. The van der Waals surface area contributed by atoms with Gasteiger partial charge in [0.05, 0.1) is 22.5 Å². The van der Waals surface area contributed by atoms with Crippen LogP contribution in [0, 0.1) is 20.2 Å². The molecule has 0 saturated heterocycles. The van der Waals surface area contributed by atoms with Crippen molar-refractivity contribution in [3.63, 3.8) is 0 Å². The number of non-ortho nitro benzene ring substituents is 1. The summed E-state index contributed by atoms with van der Waals surface area (Å²) in [5.41, 5.74) is 0.748. The third-order valence-electron chi connectivity index (χ3n) is 3.43. The van der Waals surface area contributed by atoms with Gasteiger partial charge in [-0.25, -0.2) is 0 Å². The van der Waals surface area contributed by atoms with Crippen molar-refractivity contribution in [2.75, 3.05) is 0 Å².